The predicted molar refractivity (Wildman–Crippen MR) is 78.7 cm³/mol. The van der Waals surface area contributed by atoms with Crippen LogP contribution in [-0.4, -0.2) is 29.6 Å². The fourth-order valence-electron chi connectivity index (χ4n) is 3.70. The molecule has 19 heavy (non-hydrogen) atoms. The van der Waals surface area contributed by atoms with Crippen molar-refractivity contribution in [1.29, 1.82) is 0 Å². The van der Waals surface area contributed by atoms with Crippen molar-refractivity contribution in [2.75, 3.05) is 6.54 Å². The first-order valence-corrected chi connectivity index (χ1v) is 8.11. The lowest BCUT2D eigenvalue weighted by Crippen LogP contribution is -2.44. The number of nitrogens with zero attached hydrogens (tertiary/aromatic N) is 1. The molecule has 2 fully saturated rings. The SMILES string of the molecule is CCCC1NC(C(C)C)N(CC2CCCC2C)C1=O. The van der Waals surface area contributed by atoms with Gasteiger partial charge in [0.15, 0.2) is 0 Å². The van der Waals surface area contributed by atoms with E-state index in [2.05, 4.69) is 37.9 Å². The molecule has 1 aliphatic carbocycles. The molecule has 4 atom stereocenters. The van der Waals surface area contributed by atoms with Crippen LogP contribution in [-0.2, 0) is 4.79 Å². The standard InChI is InChI=1S/C16H30N2O/c1-5-7-14-16(19)18(15(17-14)11(2)3)10-13-9-6-8-12(13)4/h11-15,17H,5-10H2,1-4H3. The Morgan fingerprint density at radius 2 is 2.11 bits per heavy atom. The molecule has 1 heterocycles. The molecule has 2 rings (SSSR count). The van der Waals surface area contributed by atoms with Gasteiger partial charge in [0, 0.05) is 6.54 Å². The molecule has 1 N–H and O–H groups in total. The monoisotopic (exact) mass is 266 g/mol. The van der Waals surface area contributed by atoms with Crippen molar-refractivity contribution >= 4 is 5.91 Å². The van der Waals surface area contributed by atoms with Crippen LogP contribution in [0.4, 0.5) is 0 Å². The Morgan fingerprint density at radius 3 is 2.63 bits per heavy atom. The number of hydrogen-bond donors (Lipinski definition) is 1. The van der Waals surface area contributed by atoms with E-state index in [0.717, 1.165) is 25.3 Å². The summed E-state index contributed by atoms with van der Waals surface area (Å²) >= 11 is 0. The minimum Gasteiger partial charge on any atom is -0.325 e. The van der Waals surface area contributed by atoms with E-state index in [1.54, 1.807) is 0 Å². The van der Waals surface area contributed by atoms with Crippen LogP contribution in [0.2, 0.25) is 0 Å². The van der Waals surface area contributed by atoms with Crippen molar-refractivity contribution in [2.24, 2.45) is 17.8 Å². The van der Waals surface area contributed by atoms with Crippen molar-refractivity contribution in [3.8, 4) is 0 Å². The van der Waals surface area contributed by atoms with Gasteiger partial charge in [-0.3, -0.25) is 10.1 Å². The summed E-state index contributed by atoms with van der Waals surface area (Å²) in [5.41, 5.74) is 0. The fourth-order valence-corrected chi connectivity index (χ4v) is 3.70. The van der Waals surface area contributed by atoms with E-state index in [4.69, 9.17) is 0 Å². The van der Waals surface area contributed by atoms with Crippen LogP contribution in [0.5, 0.6) is 0 Å². The molecule has 0 radical (unpaired) electrons. The van der Waals surface area contributed by atoms with E-state index in [9.17, 15) is 4.79 Å². The fraction of sp³-hybridized carbons (Fsp3) is 0.938. The van der Waals surface area contributed by atoms with Gasteiger partial charge in [-0.2, -0.15) is 0 Å². The van der Waals surface area contributed by atoms with E-state index in [-0.39, 0.29) is 12.2 Å². The summed E-state index contributed by atoms with van der Waals surface area (Å²) in [6.45, 7) is 9.89. The van der Waals surface area contributed by atoms with Gasteiger partial charge in [-0.15, -0.1) is 0 Å². The lowest BCUT2D eigenvalue weighted by Gasteiger charge is -2.31. The predicted octanol–water partition coefficient (Wildman–Crippen LogP) is 3.01. The molecular weight excluding hydrogens is 236 g/mol. The normalized spacial score (nSPS) is 35.6. The highest BCUT2D eigenvalue weighted by molar-refractivity contribution is 5.84. The van der Waals surface area contributed by atoms with Gasteiger partial charge >= 0.3 is 0 Å². The van der Waals surface area contributed by atoms with E-state index in [1.807, 2.05) is 0 Å². The smallest absolute Gasteiger partial charge is 0.241 e. The van der Waals surface area contributed by atoms with Crippen LogP contribution in [0.3, 0.4) is 0 Å². The maximum Gasteiger partial charge on any atom is 0.241 e. The number of amides is 1. The van der Waals surface area contributed by atoms with Gasteiger partial charge in [-0.05, 0) is 30.6 Å². The zero-order valence-corrected chi connectivity index (χ0v) is 13.0. The maximum absolute atomic E-state index is 12.6. The zero-order valence-electron chi connectivity index (χ0n) is 13.0. The Hall–Kier alpha value is -0.570. The summed E-state index contributed by atoms with van der Waals surface area (Å²) in [5.74, 6) is 2.33. The van der Waals surface area contributed by atoms with E-state index < -0.39 is 0 Å². The van der Waals surface area contributed by atoms with Crippen molar-refractivity contribution < 1.29 is 4.79 Å². The lowest BCUT2D eigenvalue weighted by molar-refractivity contribution is -0.131. The van der Waals surface area contributed by atoms with Gasteiger partial charge in [-0.25, -0.2) is 0 Å². The molecule has 0 aromatic rings. The van der Waals surface area contributed by atoms with Crippen LogP contribution in [0, 0.1) is 17.8 Å². The Kier molecular flexibility index (Phi) is 4.88. The van der Waals surface area contributed by atoms with E-state index >= 15 is 0 Å². The van der Waals surface area contributed by atoms with Crippen LogP contribution < -0.4 is 5.32 Å². The van der Waals surface area contributed by atoms with Crippen molar-refractivity contribution in [3.63, 3.8) is 0 Å². The second-order valence-corrected chi connectivity index (χ2v) is 6.86. The van der Waals surface area contributed by atoms with Crippen molar-refractivity contribution in [2.45, 2.75) is 72.0 Å². The minimum absolute atomic E-state index is 0.0640. The summed E-state index contributed by atoms with van der Waals surface area (Å²) < 4.78 is 0. The average Bonchev–Trinajstić information content (AvgIpc) is 2.89. The zero-order chi connectivity index (χ0) is 14.0. The van der Waals surface area contributed by atoms with E-state index in [0.29, 0.717) is 17.7 Å². The minimum atomic E-state index is 0.0640. The van der Waals surface area contributed by atoms with E-state index in [1.165, 1.54) is 19.3 Å². The summed E-state index contributed by atoms with van der Waals surface area (Å²) in [4.78, 5) is 14.7. The van der Waals surface area contributed by atoms with Gasteiger partial charge in [0.1, 0.15) is 0 Å². The molecule has 3 nitrogen and oxygen atoms in total. The van der Waals surface area contributed by atoms with Gasteiger partial charge in [0.05, 0.1) is 12.2 Å². The third-order valence-electron chi connectivity index (χ3n) is 4.97. The van der Waals surface area contributed by atoms with Gasteiger partial charge < -0.3 is 4.90 Å². The Morgan fingerprint density at radius 1 is 1.37 bits per heavy atom. The Labute approximate surface area is 118 Å². The second kappa shape index (κ2) is 6.25. The van der Waals surface area contributed by atoms with Crippen LogP contribution in [0.1, 0.15) is 59.8 Å². The molecular formula is C16H30N2O. The van der Waals surface area contributed by atoms with Crippen LogP contribution in [0.25, 0.3) is 0 Å². The maximum atomic E-state index is 12.6. The highest BCUT2D eigenvalue weighted by atomic mass is 16.2. The molecule has 1 amide bonds. The Bertz CT molecular complexity index is 316. The summed E-state index contributed by atoms with van der Waals surface area (Å²) in [6, 6.07) is 0.0640. The topological polar surface area (TPSA) is 32.3 Å². The third-order valence-corrected chi connectivity index (χ3v) is 4.97. The molecule has 110 valence electrons. The molecule has 0 aromatic heterocycles. The number of carbonyl (C=O) groups is 1. The second-order valence-electron chi connectivity index (χ2n) is 6.86. The van der Waals surface area contributed by atoms with Crippen LogP contribution in [0.15, 0.2) is 0 Å². The highest BCUT2D eigenvalue weighted by Gasteiger charge is 2.41. The third kappa shape index (κ3) is 3.13. The van der Waals surface area contributed by atoms with Gasteiger partial charge in [0.25, 0.3) is 0 Å². The molecule has 0 spiro atoms. The first-order valence-electron chi connectivity index (χ1n) is 8.11. The van der Waals surface area contributed by atoms with Gasteiger partial charge in [-0.1, -0.05) is 47.0 Å². The number of nitrogens with one attached hydrogen (secondary N) is 1. The molecule has 0 aromatic carbocycles. The van der Waals surface area contributed by atoms with Crippen molar-refractivity contribution in [3.05, 3.63) is 0 Å². The largest absolute Gasteiger partial charge is 0.325 e. The first kappa shape index (κ1) is 14.8. The molecule has 2 aliphatic rings. The van der Waals surface area contributed by atoms with Crippen molar-refractivity contribution in [1.82, 2.24) is 10.2 Å². The summed E-state index contributed by atoms with van der Waals surface area (Å²) in [5, 5.41) is 3.56. The summed E-state index contributed by atoms with van der Waals surface area (Å²) in [6.07, 6.45) is 6.27. The Balaban J connectivity index is 2.04. The lowest BCUT2D eigenvalue weighted by atomic mass is 9.97. The average molecular weight is 266 g/mol. The van der Waals surface area contributed by atoms with Crippen LogP contribution >= 0.6 is 0 Å². The number of hydrogen-bond acceptors (Lipinski definition) is 2. The molecule has 1 saturated carbocycles. The highest BCUT2D eigenvalue weighted by Crippen LogP contribution is 2.33. The molecule has 0 bridgehead atoms. The molecule has 4 unspecified atom stereocenters. The molecule has 1 aliphatic heterocycles. The molecule has 3 heteroatoms. The number of rotatable bonds is 5. The first-order chi connectivity index (χ1) is 9.04. The number of carbonyl (C=O) groups excluding carboxylic acids is 1. The quantitative estimate of drug-likeness (QED) is 0.829. The van der Waals surface area contributed by atoms with Gasteiger partial charge in [0.2, 0.25) is 5.91 Å². The molecule has 1 saturated heterocycles. The summed E-state index contributed by atoms with van der Waals surface area (Å²) in [7, 11) is 0.